The molecule has 0 aliphatic heterocycles. The highest BCUT2D eigenvalue weighted by Crippen LogP contribution is 2.31. The molecule has 0 atom stereocenters. The van der Waals surface area contributed by atoms with Crippen LogP contribution >= 0.6 is 38.9 Å². The Morgan fingerprint density at radius 3 is 2.57 bits per heavy atom. The first-order valence-electron chi connectivity index (χ1n) is 5.52. The van der Waals surface area contributed by atoms with Crippen LogP contribution in [0.1, 0.15) is 15.2 Å². The van der Waals surface area contributed by atoms with Gasteiger partial charge >= 0.3 is 5.97 Å². The van der Waals surface area contributed by atoms with Crippen molar-refractivity contribution in [2.24, 2.45) is 0 Å². The fourth-order valence-electron chi connectivity index (χ4n) is 1.56. The number of hydrogen-bond donors (Lipinski definition) is 2. The maximum Gasteiger partial charge on any atom is 0.346 e. The molecule has 2 N–H and O–H groups in total. The summed E-state index contributed by atoms with van der Waals surface area (Å²) < 4.78 is 27.5. The van der Waals surface area contributed by atoms with Crippen LogP contribution in [0, 0.1) is 6.92 Å². The number of carboxylic acid groups (broad SMARTS) is 1. The van der Waals surface area contributed by atoms with Crippen molar-refractivity contribution < 1.29 is 18.3 Å². The van der Waals surface area contributed by atoms with Gasteiger partial charge in [-0.15, -0.1) is 11.3 Å². The van der Waals surface area contributed by atoms with Crippen LogP contribution in [0.4, 0.5) is 5.69 Å². The second-order valence-corrected chi connectivity index (χ2v) is 8.40. The van der Waals surface area contributed by atoms with Gasteiger partial charge in [-0.25, -0.2) is 13.2 Å². The van der Waals surface area contributed by atoms with Crippen LogP contribution in [0.25, 0.3) is 0 Å². The molecule has 1 aromatic carbocycles. The van der Waals surface area contributed by atoms with E-state index in [0.717, 1.165) is 4.47 Å². The van der Waals surface area contributed by atoms with Crippen molar-refractivity contribution in [3.8, 4) is 0 Å². The second kappa shape index (κ2) is 5.96. The zero-order chi connectivity index (χ0) is 15.8. The third kappa shape index (κ3) is 3.57. The molecule has 0 saturated heterocycles. The fraction of sp³-hybridized carbons (Fsp3) is 0.0833. The molecule has 0 saturated carbocycles. The van der Waals surface area contributed by atoms with Gasteiger partial charge in [-0.2, -0.15) is 0 Å². The van der Waals surface area contributed by atoms with Crippen molar-refractivity contribution in [1.29, 1.82) is 0 Å². The largest absolute Gasteiger partial charge is 0.477 e. The molecule has 0 unspecified atom stereocenters. The van der Waals surface area contributed by atoms with Gasteiger partial charge in [0.25, 0.3) is 10.0 Å². The second-order valence-electron chi connectivity index (χ2n) is 4.11. The van der Waals surface area contributed by atoms with Gasteiger partial charge in [-0.1, -0.05) is 27.5 Å². The van der Waals surface area contributed by atoms with Crippen LogP contribution in [0.2, 0.25) is 5.02 Å². The standard InChI is InChI=1S/C12H9BrClNO4S2/c1-6-4-10(20-11(6)12(16)17)21(18,19)15-9-3-2-7(13)5-8(9)14/h2-5,15H,1H3,(H,16,17). The van der Waals surface area contributed by atoms with E-state index < -0.39 is 16.0 Å². The number of nitrogens with one attached hydrogen (secondary N) is 1. The molecular formula is C12H9BrClNO4S2. The van der Waals surface area contributed by atoms with Crippen molar-refractivity contribution in [3.63, 3.8) is 0 Å². The molecule has 0 fully saturated rings. The van der Waals surface area contributed by atoms with Gasteiger partial charge < -0.3 is 5.11 Å². The lowest BCUT2D eigenvalue weighted by Gasteiger charge is -2.08. The third-order valence-corrected chi connectivity index (χ3v) is 6.40. The van der Waals surface area contributed by atoms with Gasteiger partial charge in [0.1, 0.15) is 9.09 Å². The van der Waals surface area contributed by atoms with Gasteiger partial charge in [-0.05, 0) is 36.8 Å². The molecular weight excluding hydrogens is 402 g/mol. The molecule has 0 bridgehead atoms. The van der Waals surface area contributed by atoms with Crippen LogP contribution in [-0.2, 0) is 10.0 Å². The molecule has 5 nitrogen and oxygen atoms in total. The molecule has 0 radical (unpaired) electrons. The number of aryl methyl sites for hydroxylation is 1. The molecule has 0 spiro atoms. The van der Waals surface area contributed by atoms with Crippen molar-refractivity contribution in [3.05, 3.63) is 44.2 Å². The third-order valence-electron chi connectivity index (χ3n) is 2.53. The van der Waals surface area contributed by atoms with Gasteiger partial charge in [0.05, 0.1) is 10.7 Å². The summed E-state index contributed by atoms with van der Waals surface area (Å²) in [6, 6.07) is 6.04. The molecule has 0 amide bonds. The van der Waals surface area contributed by atoms with Crippen molar-refractivity contribution in [2.45, 2.75) is 11.1 Å². The Hall–Kier alpha value is -1.09. The minimum absolute atomic E-state index is 0.00252. The van der Waals surface area contributed by atoms with E-state index in [0.29, 0.717) is 16.9 Å². The van der Waals surface area contributed by atoms with Crippen LogP contribution in [0.5, 0.6) is 0 Å². The number of sulfonamides is 1. The first kappa shape index (κ1) is 16.3. The van der Waals surface area contributed by atoms with Crippen LogP contribution in [0.15, 0.2) is 32.9 Å². The first-order chi connectivity index (χ1) is 9.70. The number of carboxylic acids is 1. The number of aromatic carboxylic acids is 1. The summed E-state index contributed by atoms with van der Waals surface area (Å²) in [5, 5.41) is 9.21. The quantitative estimate of drug-likeness (QED) is 0.799. The van der Waals surface area contributed by atoms with E-state index >= 15 is 0 Å². The first-order valence-corrected chi connectivity index (χ1v) is 8.99. The predicted molar refractivity (Wildman–Crippen MR) is 86.0 cm³/mol. The Morgan fingerprint density at radius 2 is 2.05 bits per heavy atom. The molecule has 1 aromatic heterocycles. The summed E-state index contributed by atoms with van der Waals surface area (Å²) in [7, 11) is -3.88. The average molecular weight is 411 g/mol. The van der Waals surface area contributed by atoms with E-state index in [1.165, 1.54) is 12.1 Å². The van der Waals surface area contributed by atoms with Crippen LogP contribution < -0.4 is 4.72 Å². The van der Waals surface area contributed by atoms with Gasteiger partial charge in [0.15, 0.2) is 0 Å². The Labute approximate surface area is 138 Å². The van der Waals surface area contributed by atoms with E-state index in [9.17, 15) is 13.2 Å². The minimum atomic E-state index is -3.88. The lowest BCUT2D eigenvalue weighted by Crippen LogP contribution is -2.11. The molecule has 0 aliphatic rings. The summed E-state index contributed by atoms with van der Waals surface area (Å²) in [6.45, 7) is 1.55. The number of anilines is 1. The minimum Gasteiger partial charge on any atom is -0.477 e. The number of thiophene rings is 1. The maximum absolute atomic E-state index is 12.3. The summed E-state index contributed by atoms with van der Waals surface area (Å²) in [6.07, 6.45) is 0. The van der Waals surface area contributed by atoms with Gasteiger partial charge in [-0.3, -0.25) is 4.72 Å². The number of carbonyl (C=O) groups is 1. The summed E-state index contributed by atoms with van der Waals surface area (Å²) >= 11 is 9.89. The Balaban J connectivity index is 2.38. The molecule has 2 rings (SSSR count). The molecule has 2 aromatic rings. The predicted octanol–water partition coefficient (Wildman–Crippen LogP) is 3.97. The van der Waals surface area contributed by atoms with Crippen LogP contribution in [-0.4, -0.2) is 19.5 Å². The lowest BCUT2D eigenvalue weighted by atomic mass is 10.3. The zero-order valence-electron chi connectivity index (χ0n) is 10.6. The smallest absolute Gasteiger partial charge is 0.346 e. The van der Waals surface area contributed by atoms with Crippen molar-refractivity contribution in [2.75, 3.05) is 4.72 Å². The zero-order valence-corrected chi connectivity index (χ0v) is 14.5. The number of benzene rings is 1. The summed E-state index contributed by atoms with van der Waals surface area (Å²) in [5.41, 5.74) is 0.623. The van der Waals surface area contributed by atoms with E-state index in [-0.39, 0.29) is 19.8 Å². The molecule has 9 heteroatoms. The highest BCUT2D eigenvalue weighted by Gasteiger charge is 2.22. The Bertz CT molecular complexity index is 817. The van der Waals surface area contributed by atoms with E-state index in [2.05, 4.69) is 20.7 Å². The Morgan fingerprint density at radius 1 is 1.38 bits per heavy atom. The number of hydrogen-bond acceptors (Lipinski definition) is 4. The van der Waals surface area contributed by atoms with Gasteiger partial charge in [0.2, 0.25) is 0 Å². The van der Waals surface area contributed by atoms with E-state index in [1.807, 2.05) is 0 Å². The SMILES string of the molecule is Cc1cc(S(=O)(=O)Nc2ccc(Br)cc2Cl)sc1C(=O)O. The molecule has 0 aliphatic carbocycles. The molecule has 21 heavy (non-hydrogen) atoms. The van der Waals surface area contributed by atoms with Crippen molar-refractivity contribution in [1.82, 2.24) is 0 Å². The fourth-order valence-corrected chi connectivity index (χ4v) is 4.80. The van der Waals surface area contributed by atoms with Gasteiger partial charge in [0, 0.05) is 4.47 Å². The highest BCUT2D eigenvalue weighted by atomic mass is 79.9. The van der Waals surface area contributed by atoms with Crippen LogP contribution in [0.3, 0.4) is 0 Å². The maximum atomic E-state index is 12.3. The highest BCUT2D eigenvalue weighted by molar-refractivity contribution is 9.10. The van der Waals surface area contributed by atoms with E-state index in [4.69, 9.17) is 16.7 Å². The number of halogens is 2. The molecule has 112 valence electrons. The summed E-state index contributed by atoms with van der Waals surface area (Å²) in [4.78, 5) is 11.0. The summed E-state index contributed by atoms with van der Waals surface area (Å²) in [5.74, 6) is -1.15. The monoisotopic (exact) mass is 409 g/mol. The normalized spacial score (nSPS) is 11.4. The Kier molecular flexibility index (Phi) is 4.62. The number of rotatable bonds is 4. The van der Waals surface area contributed by atoms with Crippen molar-refractivity contribution >= 4 is 60.5 Å². The molecule has 1 heterocycles. The average Bonchev–Trinajstić information content (AvgIpc) is 2.76. The van der Waals surface area contributed by atoms with E-state index in [1.54, 1.807) is 19.1 Å². The lowest BCUT2D eigenvalue weighted by molar-refractivity contribution is 0.0701. The topological polar surface area (TPSA) is 83.5 Å².